The van der Waals surface area contributed by atoms with Crippen LogP contribution in [0.2, 0.25) is 0 Å². The van der Waals surface area contributed by atoms with Crippen LogP contribution in [0.5, 0.6) is 5.75 Å². The molecule has 6 nitrogen and oxygen atoms in total. The molecule has 0 saturated carbocycles. The summed E-state index contributed by atoms with van der Waals surface area (Å²) >= 11 is 0. The maximum absolute atomic E-state index is 12.6. The second-order valence-electron chi connectivity index (χ2n) is 5.27. The molecule has 2 fully saturated rings. The van der Waals surface area contributed by atoms with Crippen LogP contribution in [0.1, 0.15) is 29.8 Å². The van der Waals surface area contributed by atoms with Gasteiger partial charge in [0.25, 0.3) is 5.91 Å². The van der Waals surface area contributed by atoms with Crippen LogP contribution in [-0.2, 0) is 4.79 Å². The average molecular weight is 276 g/mol. The van der Waals surface area contributed by atoms with Crippen LogP contribution in [0.25, 0.3) is 0 Å². The Kier molecular flexibility index (Phi) is 3.08. The van der Waals surface area contributed by atoms with Gasteiger partial charge in [0.05, 0.1) is 13.0 Å². The van der Waals surface area contributed by atoms with Crippen LogP contribution in [0, 0.1) is 5.92 Å². The summed E-state index contributed by atoms with van der Waals surface area (Å²) < 4.78 is 5.09. The summed E-state index contributed by atoms with van der Waals surface area (Å²) in [6.45, 7) is 0. The van der Waals surface area contributed by atoms with Crippen molar-refractivity contribution in [3.05, 3.63) is 24.0 Å². The Hall–Kier alpha value is -2.11. The number of hydrogen-bond donors (Lipinski definition) is 1. The molecule has 0 radical (unpaired) electrons. The first-order valence-electron chi connectivity index (χ1n) is 6.67. The third kappa shape index (κ3) is 1.92. The first-order valence-corrected chi connectivity index (χ1v) is 6.67. The molecular formula is C14H16N2O4. The second kappa shape index (κ2) is 4.77. The number of hydrogen-bond acceptors (Lipinski definition) is 4. The van der Waals surface area contributed by atoms with E-state index >= 15 is 0 Å². The number of aromatic nitrogens is 1. The maximum atomic E-state index is 12.6. The zero-order chi connectivity index (χ0) is 14.3. The van der Waals surface area contributed by atoms with E-state index in [4.69, 9.17) is 4.74 Å². The van der Waals surface area contributed by atoms with Crippen molar-refractivity contribution in [1.82, 2.24) is 9.88 Å². The SMILES string of the molecule is COc1ccnc(C(=O)N2C3CCC2C(C(=O)O)C3)c1. The molecule has 6 heteroatoms. The molecule has 1 N–H and O–H groups in total. The number of carbonyl (C=O) groups is 2. The van der Waals surface area contributed by atoms with Gasteiger partial charge < -0.3 is 14.7 Å². The molecule has 3 atom stereocenters. The predicted molar refractivity (Wildman–Crippen MR) is 69.5 cm³/mol. The summed E-state index contributed by atoms with van der Waals surface area (Å²) in [6, 6.07) is 3.10. The van der Waals surface area contributed by atoms with E-state index in [9.17, 15) is 14.7 Å². The summed E-state index contributed by atoms with van der Waals surface area (Å²) in [6.07, 6.45) is 3.72. The number of pyridine rings is 1. The van der Waals surface area contributed by atoms with Gasteiger partial charge in [0, 0.05) is 24.3 Å². The Balaban J connectivity index is 1.86. The van der Waals surface area contributed by atoms with E-state index in [2.05, 4.69) is 4.98 Å². The number of ether oxygens (including phenoxy) is 1. The molecule has 2 bridgehead atoms. The number of carboxylic acid groups (broad SMARTS) is 1. The van der Waals surface area contributed by atoms with Crippen molar-refractivity contribution in [2.75, 3.05) is 7.11 Å². The first-order chi connectivity index (χ1) is 9.61. The van der Waals surface area contributed by atoms with Crippen molar-refractivity contribution in [3.8, 4) is 5.75 Å². The summed E-state index contributed by atoms with van der Waals surface area (Å²) in [5.41, 5.74) is 0.312. The zero-order valence-electron chi connectivity index (χ0n) is 11.2. The minimum absolute atomic E-state index is 0.0293. The van der Waals surface area contributed by atoms with Crippen molar-refractivity contribution < 1.29 is 19.4 Å². The van der Waals surface area contributed by atoms with Crippen LogP contribution < -0.4 is 4.74 Å². The van der Waals surface area contributed by atoms with Gasteiger partial charge in [-0.25, -0.2) is 0 Å². The van der Waals surface area contributed by atoms with E-state index in [0.29, 0.717) is 17.9 Å². The standard InChI is InChI=1S/C14H16N2O4/c1-20-9-4-5-15-11(7-9)13(17)16-8-2-3-12(16)10(6-8)14(18)19/h4-5,7-8,10,12H,2-3,6H2,1H3,(H,18,19). The molecule has 0 spiro atoms. The molecule has 1 aromatic heterocycles. The van der Waals surface area contributed by atoms with Crippen molar-refractivity contribution in [2.45, 2.75) is 31.3 Å². The van der Waals surface area contributed by atoms with Crippen LogP contribution in [-0.4, -0.2) is 46.1 Å². The van der Waals surface area contributed by atoms with Crippen LogP contribution in [0.15, 0.2) is 18.3 Å². The fourth-order valence-corrected chi connectivity index (χ4v) is 3.36. The second-order valence-corrected chi connectivity index (χ2v) is 5.27. The van der Waals surface area contributed by atoms with E-state index < -0.39 is 11.9 Å². The molecular weight excluding hydrogens is 260 g/mol. The van der Waals surface area contributed by atoms with Crippen molar-refractivity contribution >= 4 is 11.9 Å². The number of aliphatic carboxylic acids is 1. The molecule has 2 aliphatic rings. The zero-order valence-corrected chi connectivity index (χ0v) is 11.2. The van der Waals surface area contributed by atoms with Crippen molar-refractivity contribution in [1.29, 1.82) is 0 Å². The smallest absolute Gasteiger partial charge is 0.308 e. The maximum Gasteiger partial charge on any atom is 0.308 e. The highest BCUT2D eigenvalue weighted by Gasteiger charge is 2.51. The molecule has 0 aliphatic carbocycles. The molecule has 106 valence electrons. The number of carbonyl (C=O) groups excluding carboxylic acids is 1. The van der Waals surface area contributed by atoms with Gasteiger partial charge in [0.1, 0.15) is 11.4 Å². The lowest BCUT2D eigenvalue weighted by atomic mass is 9.89. The first kappa shape index (κ1) is 12.9. The van der Waals surface area contributed by atoms with E-state index in [0.717, 1.165) is 12.8 Å². The Bertz CT molecular complexity index is 560. The van der Waals surface area contributed by atoms with Gasteiger partial charge in [-0.05, 0) is 25.3 Å². The van der Waals surface area contributed by atoms with E-state index in [1.54, 1.807) is 17.0 Å². The van der Waals surface area contributed by atoms with E-state index in [1.165, 1.54) is 13.3 Å². The summed E-state index contributed by atoms with van der Waals surface area (Å²) in [7, 11) is 1.53. The van der Waals surface area contributed by atoms with Crippen molar-refractivity contribution in [2.24, 2.45) is 5.92 Å². The van der Waals surface area contributed by atoms with Crippen LogP contribution in [0.3, 0.4) is 0 Å². The van der Waals surface area contributed by atoms with E-state index in [1.807, 2.05) is 0 Å². The molecule has 3 rings (SSSR count). The lowest BCUT2D eigenvalue weighted by molar-refractivity contribution is -0.142. The van der Waals surface area contributed by atoms with Crippen molar-refractivity contribution in [3.63, 3.8) is 0 Å². The Morgan fingerprint density at radius 2 is 2.25 bits per heavy atom. The number of nitrogens with zero attached hydrogens (tertiary/aromatic N) is 2. The lowest BCUT2D eigenvalue weighted by Gasteiger charge is -2.22. The highest BCUT2D eigenvalue weighted by atomic mass is 16.5. The molecule has 0 aromatic carbocycles. The molecule has 2 aliphatic heterocycles. The van der Waals surface area contributed by atoms with Crippen LogP contribution >= 0.6 is 0 Å². The Morgan fingerprint density at radius 3 is 2.90 bits per heavy atom. The fraction of sp³-hybridized carbons (Fsp3) is 0.500. The number of carboxylic acids is 1. The Labute approximate surface area is 116 Å². The third-order valence-electron chi connectivity index (χ3n) is 4.27. The van der Waals surface area contributed by atoms with Crippen LogP contribution in [0.4, 0.5) is 0 Å². The average Bonchev–Trinajstić information content (AvgIpc) is 3.04. The Morgan fingerprint density at radius 1 is 1.45 bits per heavy atom. The highest BCUT2D eigenvalue weighted by Crippen LogP contribution is 2.42. The fourth-order valence-electron chi connectivity index (χ4n) is 3.36. The summed E-state index contributed by atoms with van der Waals surface area (Å²) in [5, 5.41) is 9.21. The predicted octanol–water partition coefficient (Wildman–Crippen LogP) is 1.17. The lowest BCUT2D eigenvalue weighted by Crippen LogP contribution is -2.38. The van der Waals surface area contributed by atoms with Gasteiger partial charge in [0.15, 0.2) is 0 Å². The summed E-state index contributed by atoms with van der Waals surface area (Å²) in [4.78, 5) is 29.6. The minimum Gasteiger partial charge on any atom is -0.497 e. The van der Waals surface area contributed by atoms with Gasteiger partial charge in [-0.2, -0.15) is 0 Å². The van der Waals surface area contributed by atoms with Gasteiger partial charge in [-0.15, -0.1) is 0 Å². The van der Waals surface area contributed by atoms with Gasteiger partial charge in [0.2, 0.25) is 0 Å². The topological polar surface area (TPSA) is 79.7 Å². The molecule has 2 saturated heterocycles. The normalized spacial score (nSPS) is 27.6. The summed E-state index contributed by atoms with van der Waals surface area (Å²) in [5.74, 6) is -0.873. The molecule has 3 unspecified atom stereocenters. The number of amides is 1. The molecule has 20 heavy (non-hydrogen) atoms. The quantitative estimate of drug-likeness (QED) is 0.896. The number of fused-ring (bicyclic) bond motifs is 2. The molecule has 3 heterocycles. The number of methoxy groups -OCH3 is 1. The highest BCUT2D eigenvalue weighted by molar-refractivity contribution is 5.94. The largest absolute Gasteiger partial charge is 0.497 e. The van der Waals surface area contributed by atoms with Gasteiger partial charge in [-0.3, -0.25) is 14.6 Å². The minimum atomic E-state index is -0.811. The monoisotopic (exact) mass is 276 g/mol. The van der Waals surface area contributed by atoms with E-state index in [-0.39, 0.29) is 18.0 Å². The van der Waals surface area contributed by atoms with Gasteiger partial charge in [-0.1, -0.05) is 0 Å². The molecule has 1 amide bonds. The third-order valence-corrected chi connectivity index (χ3v) is 4.27. The van der Waals surface area contributed by atoms with Gasteiger partial charge >= 0.3 is 5.97 Å². The number of rotatable bonds is 3. The molecule has 1 aromatic rings.